The molecule has 2 aromatic rings. The van der Waals surface area contributed by atoms with Crippen molar-refractivity contribution < 1.29 is 9.53 Å². The van der Waals surface area contributed by atoms with E-state index in [0.717, 1.165) is 14.6 Å². The van der Waals surface area contributed by atoms with Crippen LogP contribution < -0.4 is 0 Å². The maximum absolute atomic E-state index is 12.3. The molecular formula is C15H17ClN2O2S2. The van der Waals surface area contributed by atoms with Gasteiger partial charge >= 0.3 is 0 Å². The SMILES string of the molecule is C[C@@H]1CN(C(=O)CSc2nc3cc(Cl)ccc3s2)C[C@@H](C)O1. The van der Waals surface area contributed by atoms with Gasteiger partial charge in [-0.25, -0.2) is 4.98 Å². The van der Waals surface area contributed by atoms with E-state index in [4.69, 9.17) is 16.3 Å². The Kier molecular flexibility index (Phi) is 4.92. The molecule has 0 unspecified atom stereocenters. The van der Waals surface area contributed by atoms with Crippen molar-refractivity contribution >= 4 is 50.8 Å². The molecule has 2 atom stereocenters. The van der Waals surface area contributed by atoms with Crippen LogP contribution in [0.2, 0.25) is 5.02 Å². The van der Waals surface area contributed by atoms with Crippen molar-refractivity contribution in [2.45, 2.75) is 30.4 Å². The zero-order valence-corrected chi connectivity index (χ0v) is 14.8. The molecule has 0 radical (unpaired) electrons. The minimum absolute atomic E-state index is 0.0993. The number of halogens is 1. The first-order chi connectivity index (χ1) is 10.5. The first kappa shape index (κ1) is 16.1. The van der Waals surface area contributed by atoms with Gasteiger partial charge in [0.05, 0.1) is 28.2 Å². The predicted octanol–water partition coefficient (Wildman–Crippen LogP) is 3.68. The van der Waals surface area contributed by atoms with Crippen molar-refractivity contribution in [3.05, 3.63) is 23.2 Å². The molecule has 2 heterocycles. The average Bonchev–Trinajstić information content (AvgIpc) is 2.85. The lowest BCUT2D eigenvalue weighted by Gasteiger charge is -2.35. The van der Waals surface area contributed by atoms with Crippen molar-refractivity contribution in [2.75, 3.05) is 18.8 Å². The number of carbonyl (C=O) groups excluding carboxylic acids is 1. The van der Waals surface area contributed by atoms with Gasteiger partial charge in [0.25, 0.3) is 0 Å². The number of amides is 1. The van der Waals surface area contributed by atoms with Crippen molar-refractivity contribution in [3.8, 4) is 0 Å². The van der Waals surface area contributed by atoms with Crippen molar-refractivity contribution in [1.82, 2.24) is 9.88 Å². The fraction of sp³-hybridized carbons (Fsp3) is 0.467. The summed E-state index contributed by atoms with van der Waals surface area (Å²) in [5.74, 6) is 0.553. The van der Waals surface area contributed by atoms with Gasteiger partial charge in [-0.2, -0.15) is 0 Å². The molecule has 0 bridgehead atoms. The zero-order valence-electron chi connectivity index (χ0n) is 12.4. The van der Waals surface area contributed by atoms with E-state index in [1.165, 1.54) is 11.8 Å². The number of ether oxygens (including phenoxy) is 1. The Hall–Kier alpha value is -0.820. The molecule has 1 amide bonds. The molecule has 1 aliphatic heterocycles. The Balaban J connectivity index is 1.62. The highest BCUT2D eigenvalue weighted by molar-refractivity contribution is 8.01. The highest BCUT2D eigenvalue weighted by atomic mass is 35.5. The number of aromatic nitrogens is 1. The van der Waals surface area contributed by atoms with E-state index in [1.807, 2.05) is 36.9 Å². The van der Waals surface area contributed by atoms with E-state index in [2.05, 4.69) is 4.98 Å². The summed E-state index contributed by atoms with van der Waals surface area (Å²) in [4.78, 5) is 18.7. The third-order valence-corrected chi connectivity index (χ3v) is 5.82. The van der Waals surface area contributed by atoms with E-state index in [1.54, 1.807) is 11.3 Å². The van der Waals surface area contributed by atoms with Gasteiger partial charge in [0.1, 0.15) is 0 Å². The summed E-state index contributed by atoms with van der Waals surface area (Å²) in [6.07, 6.45) is 0.199. The summed E-state index contributed by atoms with van der Waals surface area (Å²) >= 11 is 9.05. The maximum atomic E-state index is 12.3. The average molecular weight is 357 g/mol. The second kappa shape index (κ2) is 6.74. The summed E-state index contributed by atoms with van der Waals surface area (Å²) in [6, 6.07) is 5.68. The lowest BCUT2D eigenvalue weighted by Crippen LogP contribution is -2.48. The third kappa shape index (κ3) is 3.74. The van der Waals surface area contributed by atoms with E-state index < -0.39 is 0 Å². The van der Waals surface area contributed by atoms with Crippen LogP contribution in [0.15, 0.2) is 22.5 Å². The number of carbonyl (C=O) groups is 1. The summed E-state index contributed by atoms with van der Waals surface area (Å²) in [6.45, 7) is 5.33. The van der Waals surface area contributed by atoms with Gasteiger partial charge in [-0.15, -0.1) is 11.3 Å². The van der Waals surface area contributed by atoms with E-state index >= 15 is 0 Å². The lowest BCUT2D eigenvalue weighted by molar-refractivity contribution is -0.140. The molecule has 1 aromatic carbocycles. The fourth-order valence-electron chi connectivity index (χ4n) is 2.54. The van der Waals surface area contributed by atoms with Crippen LogP contribution in [0.3, 0.4) is 0 Å². The van der Waals surface area contributed by atoms with E-state index in [9.17, 15) is 4.79 Å². The molecular weight excluding hydrogens is 340 g/mol. The van der Waals surface area contributed by atoms with Crippen LogP contribution in [0.25, 0.3) is 10.2 Å². The molecule has 1 fully saturated rings. The van der Waals surface area contributed by atoms with Gasteiger partial charge < -0.3 is 9.64 Å². The minimum atomic E-state index is 0.0993. The second-order valence-electron chi connectivity index (χ2n) is 5.44. The van der Waals surface area contributed by atoms with Gasteiger partial charge in [0, 0.05) is 18.1 Å². The van der Waals surface area contributed by atoms with Crippen LogP contribution in [0.4, 0.5) is 0 Å². The number of hydrogen-bond donors (Lipinski definition) is 0. The normalized spacial score (nSPS) is 22.2. The number of rotatable bonds is 3. The summed E-state index contributed by atoms with van der Waals surface area (Å²) < 4.78 is 7.65. The van der Waals surface area contributed by atoms with Crippen molar-refractivity contribution in [2.24, 2.45) is 0 Å². The van der Waals surface area contributed by atoms with Crippen molar-refractivity contribution in [1.29, 1.82) is 0 Å². The highest BCUT2D eigenvalue weighted by Gasteiger charge is 2.25. The molecule has 0 N–H and O–H groups in total. The maximum Gasteiger partial charge on any atom is 0.233 e. The largest absolute Gasteiger partial charge is 0.372 e. The molecule has 1 aliphatic rings. The topological polar surface area (TPSA) is 42.4 Å². The number of hydrogen-bond acceptors (Lipinski definition) is 5. The molecule has 1 aromatic heterocycles. The minimum Gasteiger partial charge on any atom is -0.372 e. The van der Waals surface area contributed by atoms with Gasteiger partial charge in [0.15, 0.2) is 4.34 Å². The molecule has 0 saturated carbocycles. The van der Waals surface area contributed by atoms with Gasteiger partial charge in [0.2, 0.25) is 5.91 Å². The molecule has 7 heteroatoms. The Morgan fingerprint density at radius 3 is 2.91 bits per heavy atom. The van der Waals surface area contributed by atoms with Crippen LogP contribution in [0.1, 0.15) is 13.8 Å². The van der Waals surface area contributed by atoms with Gasteiger partial charge in [-0.05, 0) is 32.0 Å². The number of benzene rings is 1. The monoisotopic (exact) mass is 356 g/mol. The van der Waals surface area contributed by atoms with E-state index in [-0.39, 0.29) is 18.1 Å². The van der Waals surface area contributed by atoms with Crippen LogP contribution in [0.5, 0.6) is 0 Å². The lowest BCUT2D eigenvalue weighted by atomic mass is 10.2. The van der Waals surface area contributed by atoms with Gasteiger partial charge in [-0.1, -0.05) is 23.4 Å². The Morgan fingerprint density at radius 1 is 1.45 bits per heavy atom. The third-order valence-electron chi connectivity index (χ3n) is 3.42. The molecule has 3 rings (SSSR count). The quantitative estimate of drug-likeness (QED) is 0.787. The number of thioether (sulfide) groups is 1. The Labute approximate surface area is 142 Å². The highest BCUT2D eigenvalue weighted by Crippen LogP contribution is 2.31. The summed E-state index contributed by atoms with van der Waals surface area (Å²) in [5, 5.41) is 0.682. The Morgan fingerprint density at radius 2 is 2.18 bits per heavy atom. The number of thiazole rings is 1. The fourth-order valence-corrected chi connectivity index (χ4v) is 4.66. The van der Waals surface area contributed by atoms with Crippen molar-refractivity contribution in [3.63, 3.8) is 0 Å². The smallest absolute Gasteiger partial charge is 0.233 e. The number of morpholine rings is 1. The summed E-state index contributed by atoms with van der Waals surface area (Å²) in [7, 11) is 0. The molecule has 22 heavy (non-hydrogen) atoms. The van der Waals surface area contributed by atoms with Gasteiger partial charge in [-0.3, -0.25) is 4.79 Å². The molecule has 1 saturated heterocycles. The van der Waals surface area contributed by atoms with E-state index in [0.29, 0.717) is 23.9 Å². The zero-order chi connectivity index (χ0) is 15.7. The van der Waals surface area contributed by atoms with Crippen LogP contribution in [0, 0.1) is 0 Å². The number of nitrogens with zero attached hydrogens (tertiary/aromatic N) is 2. The number of fused-ring (bicyclic) bond motifs is 1. The Bertz CT molecular complexity index is 681. The first-order valence-corrected chi connectivity index (χ1v) is 9.31. The summed E-state index contributed by atoms with van der Waals surface area (Å²) in [5.41, 5.74) is 0.890. The standard InChI is InChI=1S/C15H17ClN2O2S2/c1-9-6-18(7-10(2)20-9)14(19)8-21-15-17-12-5-11(16)3-4-13(12)22-15/h3-5,9-10H,6-8H2,1-2H3/t9-,10-/m1/s1. The first-order valence-electron chi connectivity index (χ1n) is 7.13. The second-order valence-corrected chi connectivity index (χ2v) is 8.13. The molecule has 4 nitrogen and oxygen atoms in total. The molecule has 0 aliphatic carbocycles. The molecule has 118 valence electrons. The molecule has 0 spiro atoms. The predicted molar refractivity (Wildman–Crippen MR) is 91.9 cm³/mol. The van der Waals surface area contributed by atoms with Crippen LogP contribution >= 0.6 is 34.7 Å². The van der Waals surface area contributed by atoms with Crippen LogP contribution in [-0.2, 0) is 9.53 Å². The van der Waals surface area contributed by atoms with Crippen LogP contribution in [-0.4, -0.2) is 46.8 Å².